The van der Waals surface area contributed by atoms with Gasteiger partial charge in [-0.05, 0) is 43.5 Å². The summed E-state index contributed by atoms with van der Waals surface area (Å²) in [6, 6.07) is 4.63. The third kappa shape index (κ3) is 5.28. The van der Waals surface area contributed by atoms with Gasteiger partial charge in [0, 0.05) is 0 Å². The summed E-state index contributed by atoms with van der Waals surface area (Å²) in [6.45, 7) is 10.2. The van der Waals surface area contributed by atoms with E-state index in [1.165, 1.54) is 92.3 Å². The van der Waals surface area contributed by atoms with Crippen LogP contribution < -0.4 is 9.88 Å². The van der Waals surface area contributed by atoms with Gasteiger partial charge < -0.3 is 4.74 Å². The van der Waals surface area contributed by atoms with Crippen molar-refractivity contribution in [1.29, 1.82) is 0 Å². The van der Waals surface area contributed by atoms with Crippen LogP contribution in [0.1, 0.15) is 82.3 Å². The minimum Gasteiger partial charge on any atom is -0.348 e. The van der Waals surface area contributed by atoms with E-state index in [2.05, 4.69) is 47.4 Å². The van der Waals surface area contributed by atoms with Crippen LogP contribution in [-0.2, 0) is 18.0 Å². The van der Waals surface area contributed by atoms with Crippen molar-refractivity contribution in [2.24, 2.45) is 0 Å². The van der Waals surface area contributed by atoms with E-state index >= 15 is 0 Å². The van der Waals surface area contributed by atoms with Gasteiger partial charge >= 0.3 is 5.95 Å². The lowest BCUT2D eigenvalue weighted by molar-refractivity contribution is -0.644. The molecule has 28 heavy (non-hydrogen) atoms. The highest BCUT2D eigenvalue weighted by Gasteiger charge is 2.28. The molecular weight excluding hydrogens is 346 g/mol. The standard InChI is InChI=1S/C24H39N3O/c1-4-5-6-7-8-9-10-11-12-13-16-28-19-27-23-18-21(3)20(2)17-22(23)26-15-14-25-24(26)27/h17-18H,4-16,19H2,1-3H3/p+1. The molecule has 3 rings (SSSR count). The number of ether oxygens (including phenoxy) is 1. The Morgan fingerprint density at radius 3 is 2.29 bits per heavy atom. The van der Waals surface area contributed by atoms with Gasteiger partial charge in [-0.3, -0.25) is 5.32 Å². The van der Waals surface area contributed by atoms with E-state index in [9.17, 15) is 0 Å². The maximum Gasteiger partial charge on any atom is 0.360 e. The number of rotatable bonds is 13. The molecule has 0 spiro atoms. The summed E-state index contributed by atoms with van der Waals surface area (Å²) in [5, 5.41) is 3.54. The van der Waals surface area contributed by atoms with Crippen molar-refractivity contribution in [1.82, 2.24) is 4.57 Å². The molecule has 1 aromatic carbocycles. The molecule has 0 saturated heterocycles. The largest absolute Gasteiger partial charge is 0.360 e. The zero-order chi connectivity index (χ0) is 19.8. The second-order valence-electron chi connectivity index (χ2n) is 8.47. The van der Waals surface area contributed by atoms with Crippen molar-refractivity contribution >= 4 is 17.0 Å². The first-order valence-electron chi connectivity index (χ1n) is 11.6. The molecule has 1 aromatic heterocycles. The Hall–Kier alpha value is -1.55. The first-order valence-corrected chi connectivity index (χ1v) is 11.6. The molecule has 0 fully saturated rings. The summed E-state index contributed by atoms with van der Waals surface area (Å²) < 4.78 is 10.8. The predicted octanol–water partition coefficient (Wildman–Crippen LogP) is 5.87. The SMILES string of the molecule is CCCCCCCCCCCCOCn1c2[n+](c3cc(C)c(C)cc31)CCN2. The number of anilines is 1. The number of fused-ring (bicyclic) bond motifs is 3. The lowest BCUT2D eigenvalue weighted by Crippen LogP contribution is -2.29. The highest BCUT2D eigenvalue weighted by atomic mass is 16.5. The quantitative estimate of drug-likeness (QED) is 0.345. The van der Waals surface area contributed by atoms with Gasteiger partial charge in [0.15, 0.2) is 6.73 Å². The molecule has 0 unspecified atom stereocenters. The smallest absolute Gasteiger partial charge is 0.348 e. The lowest BCUT2D eigenvalue weighted by atomic mass is 10.1. The van der Waals surface area contributed by atoms with Crippen LogP contribution in [0, 0.1) is 13.8 Å². The molecule has 0 aliphatic carbocycles. The number of aromatic nitrogens is 2. The molecule has 0 radical (unpaired) electrons. The Kier molecular flexibility index (Phi) is 8.20. The number of hydrogen-bond donors (Lipinski definition) is 1. The maximum absolute atomic E-state index is 6.06. The van der Waals surface area contributed by atoms with Crippen LogP contribution in [0.3, 0.4) is 0 Å². The fourth-order valence-corrected chi connectivity index (χ4v) is 4.27. The van der Waals surface area contributed by atoms with Crippen molar-refractivity contribution in [3.8, 4) is 0 Å². The molecule has 0 amide bonds. The number of benzene rings is 1. The third-order valence-corrected chi connectivity index (χ3v) is 6.16. The summed E-state index contributed by atoms with van der Waals surface area (Å²) in [5.41, 5.74) is 5.32. The minimum atomic E-state index is 0.645. The highest BCUT2D eigenvalue weighted by molar-refractivity contribution is 5.76. The van der Waals surface area contributed by atoms with Crippen molar-refractivity contribution in [3.63, 3.8) is 0 Å². The predicted molar refractivity (Wildman–Crippen MR) is 118 cm³/mol. The highest BCUT2D eigenvalue weighted by Crippen LogP contribution is 2.24. The molecule has 4 nitrogen and oxygen atoms in total. The second kappa shape index (κ2) is 10.8. The number of aryl methyl sites for hydroxylation is 2. The Morgan fingerprint density at radius 2 is 1.57 bits per heavy atom. The Morgan fingerprint density at radius 1 is 0.929 bits per heavy atom. The van der Waals surface area contributed by atoms with Gasteiger partial charge in [-0.1, -0.05) is 64.7 Å². The van der Waals surface area contributed by atoms with Crippen molar-refractivity contribution < 1.29 is 9.30 Å². The maximum atomic E-state index is 6.06. The average Bonchev–Trinajstić information content (AvgIpc) is 3.26. The van der Waals surface area contributed by atoms with Gasteiger partial charge in [-0.2, -0.15) is 0 Å². The first kappa shape index (κ1) is 21.2. The normalized spacial score (nSPS) is 13.2. The molecule has 0 saturated carbocycles. The van der Waals surface area contributed by atoms with E-state index in [0.29, 0.717) is 6.73 Å². The molecule has 0 atom stereocenters. The summed E-state index contributed by atoms with van der Waals surface area (Å²) in [6.07, 6.45) is 13.7. The topological polar surface area (TPSA) is 30.1 Å². The van der Waals surface area contributed by atoms with Crippen LogP contribution in [0.25, 0.3) is 11.0 Å². The van der Waals surface area contributed by atoms with E-state index < -0.39 is 0 Å². The van der Waals surface area contributed by atoms with Crippen LogP contribution in [0.5, 0.6) is 0 Å². The molecule has 1 N–H and O–H groups in total. The van der Waals surface area contributed by atoms with Gasteiger partial charge in [0.05, 0.1) is 13.2 Å². The zero-order valence-electron chi connectivity index (χ0n) is 18.4. The summed E-state index contributed by atoms with van der Waals surface area (Å²) in [4.78, 5) is 0. The molecule has 2 heterocycles. The van der Waals surface area contributed by atoms with Gasteiger partial charge in [-0.25, -0.2) is 9.13 Å². The van der Waals surface area contributed by atoms with Crippen molar-refractivity contribution in [2.45, 2.75) is 98.3 Å². The number of nitrogens with zero attached hydrogens (tertiary/aromatic N) is 2. The molecule has 0 bridgehead atoms. The first-order chi connectivity index (χ1) is 13.7. The minimum absolute atomic E-state index is 0.645. The van der Waals surface area contributed by atoms with Gasteiger partial charge in [0.1, 0.15) is 17.6 Å². The van der Waals surface area contributed by atoms with E-state index in [-0.39, 0.29) is 0 Å². The van der Waals surface area contributed by atoms with Crippen LogP contribution in [-0.4, -0.2) is 17.7 Å². The Balaban J connectivity index is 1.38. The third-order valence-electron chi connectivity index (χ3n) is 6.16. The second-order valence-corrected chi connectivity index (χ2v) is 8.47. The van der Waals surface area contributed by atoms with E-state index in [4.69, 9.17) is 4.74 Å². The molecule has 2 aromatic rings. The molecular formula is C24H40N3O+. The molecule has 1 aliphatic rings. The fraction of sp³-hybridized carbons (Fsp3) is 0.708. The van der Waals surface area contributed by atoms with Crippen LogP contribution in [0.15, 0.2) is 12.1 Å². The van der Waals surface area contributed by atoms with Gasteiger partial charge in [0.25, 0.3) is 0 Å². The van der Waals surface area contributed by atoms with Crippen molar-refractivity contribution in [3.05, 3.63) is 23.3 Å². The lowest BCUT2D eigenvalue weighted by Gasteiger charge is -2.06. The number of nitrogens with one attached hydrogen (secondary N) is 1. The van der Waals surface area contributed by atoms with Gasteiger partial charge in [0.2, 0.25) is 0 Å². The molecule has 1 aliphatic heterocycles. The number of hydrogen-bond acceptors (Lipinski definition) is 2. The number of imidazole rings is 1. The van der Waals surface area contributed by atoms with Crippen LogP contribution >= 0.6 is 0 Å². The monoisotopic (exact) mass is 386 g/mol. The van der Waals surface area contributed by atoms with Gasteiger partial charge in [-0.15, -0.1) is 0 Å². The van der Waals surface area contributed by atoms with E-state index in [0.717, 1.165) is 19.7 Å². The van der Waals surface area contributed by atoms with E-state index in [1.54, 1.807) is 0 Å². The number of unbranched alkanes of at least 4 members (excludes halogenated alkanes) is 9. The van der Waals surface area contributed by atoms with Crippen molar-refractivity contribution in [2.75, 3.05) is 18.5 Å². The summed E-state index contributed by atoms with van der Waals surface area (Å²) in [5.74, 6) is 1.20. The van der Waals surface area contributed by atoms with Crippen LogP contribution in [0.2, 0.25) is 0 Å². The molecule has 156 valence electrons. The zero-order valence-corrected chi connectivity index (χ0v) is 18.4. The van der Waals surface area contributed by atoms with Crippen LogP contribution in [0.4, 0.5) is 5.95 Å². The summed E-state index contributed by atoms with van der Waals surface area (Å²) in [7, 11) is 0. The summed E-state index contributed by atoms with van der Waals surface area (Å²) >= 11 is 0. The average molecular weight is 387 g/mol. The van der Waals surface area contributed by atoms with E-state index in [1.807, 2.05) is 0 Å². The Bertz CT molecular complexity index is 750. The Labute approximate surface area is 171 Å². The molecule has 4 heteroatoms. The fourth-order valence-electron chi connectivity index (χ4n) is 4.27.